The van der Waals surface area contributed by atoms with Gasteiger partial charge in [0.1, 0.15) is 0 Å². The van der Waals surface area contributed by atoms with Gasteiger partial charge in [0.25, 0.3) is 0 Å². The molecule has 1 aromatic carbocycles. The molecule has 3 aromatic rings. The van der Waals surface area contributed by atoms with Crippen molar-refractivity contribution in [3.05, 3.63) is 65.4 Å². The molecule has 0 aliphatic carbocycles. The van der Waals surface area contributed by atoms with Crippen LogP contribution in [0.3, 0.4) is 0 Å². The first-order chi connectivity index (χ1) is 14.6. The number of amides is 2. The van der Waals surface area contributed by atoms with Gasteiger partial charge in [-0.3, -0.25) is 4.98 Å². The Labute approximate surface area is 179 Å². The van der Waals surface area contributed by atoms with E-state index in [-0.39, 0.29) is 6.03 Å². The molecule has 1 saturated heterocycles. The smallest absolute Gasteiger partial charge is 0.322 e. The number of pyridine rings is 1. The Balaban J connectivity index is 1.31. The molecule has 154 valence electrons. The summed E-state index contributed by atoms with van der Waals surface area (Å²) in [5.74, 6) is 1.45. The first-order valence-electron chi connectivity index (χ1n) is 9.66. The Hall–Kier alpha value is -3.39. The molecule has 30 heavy (non-hydrogen) atoms. The van der Waals surface area contributed by atoms with Crippen molar-refractivity contribution in [3.63, 3.8) is 0 Å². The number of carbonyl (C=O) groups excluding carboxylic acids is 1. The van der Waals surface area contributed by atoms with Crippen molar-refractivity contribution in [3.8, 4) is 0 Å². The molecule has 0 saturated carbocycles. The second kappa shape index (κ2) is 8.96. The number of rotatable bonds is 4. The van der Waals surface area contributed by atoms with Gasteiger partial charge in [0.2, 0.25) is 0 Å². The van der Waals surface area contributed by atoms with Gasteiger partial charge < -0.3 is 20.4 Å². The highest BCUT2D eigenvalue weighted by atomic mass is 35.5. The van der Waals surface area contributed by atoms with E-state index in [1.54, 1.807) is 17.3 Å². The average molecular weight is 424 g/mol. The fourth-order valence-corrected chi connectivity index (χ4v) is 3.48. The third-order valence-corrected chi connectivity index (χ3v) is 5.17. The lowest BCUT2D eigenvalue weighted by Gasteiger charge is -2.35. The van der Waals surface area contributed by atoms with E-state index in [9.17, 15) is 4.79 Å². The minimum absolute atomic E-state index is 0.150. The number of piperazine rings is 1. The van der Waals surface area contributed by atoms with Gasteiger partial charge in [-0.2, -0.15) is 0 Å². The molecule has 3 heterocycles. The van der Waals surface area contributed by atoms with E-state index in [0.717, 1.165) is 17.1 Å². The molecular weight excluding hydrogens is 402 g/mol. The van der Waals surface area contributed by atoms with E-state index < -0.39 is 0 Å². The first-order valence-corrected chi connectivity index (χ1v) is 10.0. The Morgan fingerprint density at radius 1 is 1.00 bits per heavy atom. The molecule has 8 nitrogen and oxygen atoms in total. The van der Waals surface area contributed by atoms with Crippen molar-refractivity contribution in [1.82, 2.24) is 20.1 Å². The largest absolute Gasteiger partial charge is 0.352 e. The summed E-state index contributed by atoms with van der Waals surface area (Å²) in [6, 6.07) is 13.0. The molecule has 2 aromatic heterocycles. The molecule has 0 spiro atoms. The predicted octanol–water partition coefficient (Wildman–Crippen LogP) is 3.93. The highest BCUT2D eigenvalue weighted by Crippen LogP contribution is 2.23. The lowest BCUT2D eigenvalue weighted by Crippen LogP contribution is -2.50. The highest BCUT2D eigenvalue weighted by molar-refractivity contribution is 6.33. The summed E-state index contributed by atoms with van der Waals surface area (Å²) in [7, 11) is 0. The topological polar surface area (TPSA) is 86.3 Å². The van der Waals surface area contributed by atoms with E-state index in [0.29, 0.717) is 42.7 Å². The minimum atomic E-state index is -0.150. The summed E-state index contributed by atoms with van der Waals surface area (Å²) in [6.45, 7) is 4.51. The van der Waals surface area contributed by atoms with Gasteiger partial charge in [-0.1, -0.05) is 17.7 Å². The number of nitrogens with zero attached hydrogens (tertiary/aromatic N) is 5. The van der Waals surface area contributed by atoms with Gasteiger partial charge in [0.05, 0.1) is 10.7 Å². The molecule has 0 unspecified atom stereocenters. The minimum Gasteiger partial charge on any atom is -0.352 e. The fourth-order valence-electron chi connectivity index (χ4n) is 3.20. The Kier molecular flexibility index (Phi) is 5.94. The predicted molar refractivity (Wildman–Crippen MR) is 119 cm³/mol. The van der Waals surface area contributed by atoms with Crippen LogP contribution >= 0.6 is 11.6 Å². The number of carbonyl (C=O) groups is 1. The molecule has 9 heteroatoms. The van der Waals surface area contributed by atoms with Crippen molar-refractivity contribution >= 4 is 40.6 Å². The lowest BCUT2D eigenvalue weighted by atomic mass is 10.2. The average Bonchev–Trinajstić information content (AvgIpc) is 2.77. The van der Waals surface area contributed by atoms with Crippen LogP contribution in [0, 0.1) is 6.92 Å². The third-order valence-electron chi connectivity index (χ3n) is 4.86. The SMILES string of the molecule is Cc1ccc(NC(=O)N2CCN(c3ccc(Nc4ccncc4)nn3)CC2)c(Cl)c1. The number of benzene rings is 1. The van der Waals surface area contributed by atoms with Gasteiger partial charge >= 0.3 is 6.03 Å². The molecule has 2 amide bonds. The van der Waals surface area contributed by atoms with E-state index in [4.69, 9.17) is 11.6 Å². The Morgan fingerprint density at radius 3 is 2.43 bits per heavy atom. The standard InChI is InChI=1S/C21H22ClN7O/c1-15-2-3-18(17(22)14-15)25-21(30)29-12-10-28(11-13-29)20-5-4-19(26-27-20)24-16-6-8-23-9-7-16/h2-9,14H,10-13H2,1H3,(H,25,30)(H,23,24,26). The van der Waals surface area contributed by atoms with Gasteiger partial charge in [-0.05, 0) is 48.9 Å². The normalized spacial score (nSPS) is 13.8. The number of hydrogen-bond donors (Lipinski definition) is 2. The molecule has 1 aliphatic heterocycles. The monoisotopic (exact) mass is 423 g/mol. The van der Waals surface area contributed by atoms with Crippen LogP contribution in [0.4, 0.5) is 27.8 Å². The van der Waals surface area contributed by atoms with Crippen LogP contribution in [0.25, 0.3) is 0 Å². The maximum absolute atomic E-state index is 12.6. The number of nitrogens with one attached hydrogen (secondary N) is 2. The van der Waals surface area contributed by atoms with Gasteiger partial charge in [-0.25, -0.2) is 4.79 Å². The zero-order valence-electron chi connectivity index (χ0n) is 16.5. The Morgan fingerprint density at radius 2 is 1.77 bits per heavy atom. The summed E-state index contributed by atoms with van der Waals surface area (Å²) in [4.78, 5) is 20.4. The summed E-state index contributed by atoms with van der Waals surface area (Å²) >= 11 is 6.21. The van der Waals surface area contributed by atoms with Crippen LogP contribution in [0.2, 0.25) is 5.02 Å². The lowest BCUT2D eigenvalue weighted by molar-refractivity contribution is 0.208. The number of halogens is 1. The molecule has 1 aliphatic rings. The Bertz CT molecular complexity index is 1010. The van der Waals surface area contributed by atoms with Crippen LogP contribution in [0.15, 0.2) is 54.9 Å². The second-order valence-corrected chi connectivity index (χ2v) is 7.43. The molecule has 0 atom stereocenters. The fraction of sp³-hybridized carbons (Fsp3) is 0.238. The van der Waals surface area contributed by atoms with E-state index in [1.165, 1.54) is 0 Å². The molecule has 2 N–H and O–H groups in total. The summed E-state index contributed by atoms with van der Waals surface area (Å²) < 4.78 is 0. The molecule has 1 fully saturated rings. The van der Waals surface area contributed by atoms with E-state index >= 15 is 0 Å². The van der Waals surface area contributed by atoms with Crippen LogP contribution in [-0.4, -0.2) is 52.3 Å². The molecule has 4 rings (SSSR count). The van der Waals surface area contributed by atoms with Gasteiger partial charge in [0.15, 0.2) is 11.6 Å². The third kappa shape index (κ3) is 4.77. The number of urea groups is 1. The summed E-state index contributed by atoms with van der Waals surface area (Å²) in [6.07, 6.45) is 3.43. The van der Waals surface area contributed by atoms with Crippen LogP contribution in [0.5, 0.6) is 0 Å². The molecular formula is C21H22ClN7O. The number of aromatic nitrogens is 3. The molecule has 0 radical (unpaired) electrons. The quantitative estimate of drug-likeness (QED) is 0.661. The van der Waals surface area contributed by atoms with Crippen LogP contribution in [0.1, 0.15) is 5.56 Å². The highest BCUT2D eigenvalue weighted by Gasteiger charge is 2.22. The van der Waals surface area contributed by atoms with E-state index in [2.05, 4.69) is 30.7 Å². The van der Waals surface area contributed by atoms with E-state index in [1.807, 2.05) is 49.4 Å². The molecule has 0 bridgehead atoms. The zero-order valence-corrected chi connectivity index (χ0v) is 17.3. The first kappa shape index (κ1) is 19.9. The van der Waals surface area contributed by atoms with Crippen molar-refractivity contribution in [2.24, 2.45) is 0 Å². The van der Waals surface area contributed by atoms with Crippen LogP contribution in [-0.2, 0) is 0 Å². The van der Waals surface area contributed by atoms with Gasteiger partial charge in [-0.15, -0.1) is 10.2 Å². The second-order valence-electron chi connectivity index (χ2n) is 7.03. The summed E-state index contributed by atoms with van der Waals surface area (Å²) in [5.41, 5.74) is 2.58. The maximum atomic E-state index is 12.6. The van der Waals surface area contributed by atoms with Crippen molar-refractivity contribution in [2.45, 2.75) is 6.92 Å². The maximum Gasteiger partial charge on any atom is 0.322 e. The zero-order chi connectivity index (χ0) is 20.9. The number of anilines is 4. The number of hydrogen-bond acceptors (Lipinski definition) is 6. The summed E-state index contributed by atoms with van der Waals surface area (Å²) in [5, 5.41) is 15.2. The van der Waals surface area contributed by atoms with Gasteiger partial charge in [0, 0.05) is 44.3 Å². The van der Waals surface area contributed by atoms with Crippen molar-refractivity contribution in [2.75, 3.05) is 41.7 Å². The van der Waals surface area contributed by atoms with Crippen molar-refractivity contribution < 1.29 is 4.79 Å². The van der Waals surface area contributed by atoms with Crippen molar-refractivity contribution in [1.29, 1.82) is 0 Å². The number of aryl methyl sites for hydroxylation is 1. The van der Waals surface area contributed by atoms with Crippen LogP contribution < -0.4 is 15.5 Å².